The second-order valence-electron chi connectivity index (χ2n) is 5.24. The van der Waals surface area contributed by atoms with Gasteiger partial charge in [0.2, 0.25) is 0 Å². The van der Waals surface area contributed by atoms with Crippen molar-refractivity contribution in [3.63, 3.8) is 0 Å². The zero-order valence-corrected chi connectivity index (χ0v) is 13.7. The van der Waals surface area contributed by atoms with Crippen molar-refractivity contribution in [2.24, 2.45) is 0 Å². The molecule has 2 heteroatoms. The molecule has 0 aliphatic rings. The maximum absolute atomic E-state index is 6.63. The standard InChI is InChI=1S/C19H17ClS/c1-13-12-18(21-14(13)2)19(20)17-10-8-16(9-11-17)15-6-4-3-5-7-15/h3-12,19H,1-2H3. The lowest BCUT2D eigenvalue weighted by Gasteiger charge is -2.09. The van der Waals surface area contributed by atoms with Crippen LogP contribution in [0, 0.1) is 13.8 Å². The van der Waals surface area contributed by atoms with Gasteiger partial charge < -0.3 is 0 Å². The molecule has 106 valence electrons. The third-order valence-electron chi connectivity index (χ3n) is 3.75. The van der Waals surface area contributed by atoms with Crippen LogP contribution in [0.15, 0.2) is 60.7 Å². The van der Waals surface area contributed by atoms with Crippen molar-refractivity contribution in [2.75, 3.05) is 0 Å². The molecule has 0 fully saturated rings. The Hall–Kier alpha value is -1.57. The molecule has 0 N–H and O–H groups in total. The Kier molecular flexibility index (Phi) is 4.14. The molecule has 1 atom stereocenters. The monoisotopic (exact) mass is 312 g/mol. The lowest BCUT2D eigenvalue weighted by Crippen LogP contribution is -1.90. The van der Waals surface area contributed by atoms with E-state index in [0.717, 1.165) is 5.56 Å². The molecular formula is C19H17ClS. The quantitative estimate of drug-likeness (QED) is 0.494. The molecule has 0 bridgehead atoms. The van der Waals surface area contributed by atoms with Gasteiger partial charge in [-0.1, -0.05) is 54.6 Å². The normalized spacial score (nSPS) is 12.3. The predicted molar refractivity (Wildman–Crippen MR) is 93.4 cm³/mol. The van der Waals surface area contributed by atoms with Crippen molar-refractivity contribution >= 4 is 22.9 Å². The van der Waals surface area contributed by atoms with Gasteiger partial charge in [0.25, 0.3) is 0 Å². The molecule has 1 heterocycles. The molecule has 0 spiro atoms. The van der Waals surface area contributed by atoms with Crippen LogP contribution in [-0.4, -0.2) is 0 Å². The van der Waals surface area contributed by atoms with Crippen LogP contribution in [-0.2, 0) is 0 Å². The Morgan fingerprint density at radius 1 is 0.857 bits per heavy atom. The van der Waals surface area contributed by atoms with Crippen molar-refractivity contribution in [3.8, 4) is 11.1 Å². The summed E-state index contributed by atoms with van der Waals surface area (Å²) in [5.74, 6) is 0. The number of aryl methyl sites for hydroxylation is 2. The minimum absolute atomic E-state index is 0.0628. The van der Waals surface area contributed by atoms with Gasteiger partial charge in [0.05, 0.1) is 5.38 Å². The van der Waals surface area contributed by atoms with Crippen molar-refractivity contribution in [1.29, 1.82) is 0 Å². The number of halogens is 1. The first-order valence-corrected chi connectivity index (χ1v) is 8.27. The SMILES string of the molecule is Cc1cc(C(Cl)c2ccc(-c3ccccc3)cc2)sc1C. The first-order chi connectivity index (χ1) is 10.1. The third-order valence-corrected chi connectivity index (χ3v) is 5.58. The van der Waals surface area contributed by atoms with Crippen molar-refractivity contribution in [3.05, 3.63) is 81.5 Å². The topological polar surface area (TPSA) is 0 Å². The third kappa shape index (κ3) is 3.04. The van der Waals surface area contributed by atoms with E-state index >= 15 is 0 Å². The zero-order chi connectivity index (χ0) is 14.8. The van der Waals surface area contributed by atoms with Gasteiger partial charge in [-0.05, 0) is 42.2 Å². The minimum Gasteiger partial charge on any atom is -0.143 e. The van der Waals surface area contributed by atoms with Crippen molar-refractivity contribution in [2.45, 2.75) is 19.2 Å². The van der Waals surface area contributed by atoms with E-state index < -0.39 is 0 Å². The maximum atomic E-state index is 6.63. The van der Waals surface area contributed by atoms with Gasteiger partial charge in [0.1, 0.15) is 0 Å². The molecular weight excluding hydrogens is 296 g/mol. The summed E-state index contributed by atoms with van der Waals surface area (Å²) in [6.07, 6.45) is 0. The highest BCUT2D eigenvalue weighted by Crippen LogP contribution is 2.36. The summed E-state index contributed by atoms with van der Waals surface area (Å²) in [5.41, 5.74) is 4.93. The maximum Gasteiger partial charge on any atom is 0.0927 e. The van der Waals surface area contributed by atoms with E-state index in [1.165, 1.54) is 26.4 Å². The molecule has 1 aromatic heterocycles. The molecule has 3 aromatic rings. The van der Waals surface area contributed by atoms with Gasteiger partial charge in [0.15, 0.2) is 0 Å². The van der Waals surface area contributed by atoms with Crippen LogP contribution in [0.3, 0.4) is 0 Å². The first kappa shape index (κ1) is 14.4. The van der Waals surface area contributed by atoms with E-state index in [2.05, 4.69) is 68.4 Å². The Balaban J connectivity index is 1.87. The molecule has 1 unspecified atom stereocenters. The average Bonchev–Trinajstić information content (AvgIpc) is 2.87. The molecule has 0 saturated heterocycles. The highest BCUT2D eigenvalue weighted by molar-refractivity contribution is 7.12. The fourth-order valence-electron chi connectivity index (χ4n) is 2.37. The first-order valence-electron chi connectivity index (χ1n) is 7.01. The lowest BCUT2D eigenvalue weighted by atomic mass is 10.0. The second-order valence-corrected chi connectivity index (χ2v) is 6.96. The minimum atomic E-state index is -0.0628. The molecule has 2 aromatic carbocycles. The van der Waals surface area contributed by atoms with Crippen molar-refractivity contribution < 1.29 is 0 Å². The molecule has 21 heavy (non-hydrogen) atoms. The van der Waals surface area contributed by atoms with Crippen LogP contribution in [0.2, 0.25) is 0 Å². The van der Waals surface area contributed by atoms with E-state index in [1.807, 2.05) is 6.07 Å². The predicted octanol–water partition coefficient (Wildman–Crippen LogP) is 6.36. The fourth-order valence-corrected chi connectivity index (χ4v) is 3.76. The zero-order valence-electron chi connectivity index (χ0n) is 12.1. The Morgan fingerprint density at radius 2 is 1.48 bits per heavy atom. The molecule has 0 radical (unpaired) electrons. The Bertz CT molecular complexity index is 707. The van der Waals surface area contributed by atoms with E-state index in [1.54, 1.807) is 11.3 Å². The van der Waals surface area contributed by atoms with Gasteiger partial charge in [-0.3, -0.25) is 0 Å². The van der Waals surface area contributed by atoms with Crippen LogP contribution in [0.5, 0.6) is 0 Å². The summed E-state index contributed by atoms with van der Waals surface area (Å²) in [7, 11) is 0. The van der Waals surface area contributed by atoms with Crippen LogP contribution in [0.1, 0.15) is 26.3 Å². The number of thiophene rings is 1. The molecule has 0 aliphatic heterocycles. The van der Waals surface area contributed by atoms with Gasteiger partial charge in [-0.25, -0.2) is 0 Å². The summed E-state index contributed by atoms with van der Waals surface area (Å²) in [4.78, 5) is 2.57. The van der Waals surface area contributed by atoms with Gasteiger partial charge in [0, 0.05) is 9.75 Å². The van der Waals surface area contributed by atoms with Gasteiger partial charge >= 0.3 is 0 Å². The second kappa shape index (κ2) is 6.05. The van der Waals surface area contributed by atoms with Crippen molar-refractivity contribution in [1.82, 2.24) is 0 Å². The van der Waals surface area contributed by atoms with E-state index in [4.69, 9.17) is 11.6 Å². The lowest BCUT2D eigenvalue weighted by molar-refractivity contribution is 1.18. The van der Waals surface area contributed by atoms with Crippen LogP contribution in [0.25, 0.3) is 11.1 Å². The number of rotatable bonds is 3. The molecule has 0 saturated carbocycles. The Labute approximate surface area is 135 Å². The summed E-state index contributed by atoms with van der Waals surface area (Å²) in [6, 6.07) is 21.2. The summed E-state index contributed by atoms with van der Waals surface area (Å²) in [6.45, 7) is 4.28. The molecule has 0 amide bonds. The number of alkyl halides is 1. The fraction of sp³-hybridized carbons (Fsp3) is 0.158. The van der Waals surface area contributed by atoms with Gasteiger partial charge in [-0.2, -0.15) is 0 Å². The number of hydrogen-bond donors (Lipinski definition) is 0. The van der Waals surface area contributed by atoms with Gasteiger partial charge in [-0.15, -0.1) is 22.9 Å². The summed E-state index contributed by atoms with van der Waals surface area (Å²) in [5, 5.41) is -0.0628. The highest BCUT2D eigenvalue weighted by atomic mass is 35.5. The van der Waals surface area contributed by atoms with E-state index in [0.29, 0.717) is 0 Å². The Morgan fingerprint density at radius 3 is 2.05 bits per heavy atom. The molecule has 3 rings (SSSR count). The van der Waals surface area contributed by atoms with E-state index in [9.17, 15) is 0 Å². The summed E-state index contributed by atoms with van der Waals surface area (Å²) < 4.78 is 0. The van der Waals surface area contributed by atoms with Crippen LogP contribution in [0.4, 0.5) is 0 Å². The smallest absolute Gasteiger partial charge is 0.0927 e. The largest absolute Gasteiger partial charge is 0.143 e. The van der Waals surface area contributed by atoms with Crippen LogP contribution >= 0.6 is 22.9 Å². The average molecular weight is 313 g/mol. The van der Waals surface area contributed by atoms with Crippen LogP contribution < -0.4 is 0 Å². The molecule has 0 nitrogen and oxygen atoms in total. The van der Waals surface area contributed by atoms with E-state index in [-0.39, 0.29) is 5.38 Å². The number of hydrogen-bond acceptors (Lipinski definition) is 1. The highest BCUT2D eigenvalue weighted by Gasteiger charge is 2.14. The number of benzene rings is 2. The summed E-state index contributed by atoms with van der Waals surface area (Å²) >= 11 is 8.41. The molecule has 0 aliphatic carbocycles.